The predicted octanol–water partition coefficient (Wildman–Crippen LogP) is 6.48. The van der Waals surface area contributed by atoms with E-state index in [4.69, 9.17) is 0 Å². The monoisotopic (exact) mass is 333 g/mol. The lowest BCUT2D eigenvalue weighted by Crippen LogP contribution is -2.01. The minimum absolute atomic E-state index is 0.938. The molecule has 0 aromatic heterocycles. The number of nitriles is 1. The van der Waals surface area contributed by atoms with Crippen molar-refractivity contribution in [1.82, 2.24) is 0 Å². The Balaban J connectivity index is 1.77. The number of benzene rings is 1. The second kappa shape index (κ2) is 6.65. The van der Waals surface area contributed by atoms with Crippen molar-refractivity contribution in [2.24, 2.45) is 0 Å². The Labute approximate surface area is 149 Å². The zero-order valence-corrected chi connectivity index (χ0v) is 15.1. The van der Waals surface area contributed by atoms with Gasteiger partial charge in [0.2, 0.25) is 0 Å². The fraction of sp³-hybridized carbons (Fsp3) is 0.409. The van der Waals surface area contributed by atoms with Crippen molar-refractivity contribution in [1.29, 1.82) is 5.26 Å². The molecule has 2 heteroatoms. The Morgan fingerprint density at radius 1 is 0.917 bits per heavy atom. The van der Waals surface area contributed by atoms with Crippen LogP contribution in [0.15, 0.2) is 61.9 Å². The van der Waals surface area contributed by atoms with Gasteiger partial charge < -0.3 is 0 Å². The molecule has 3 aliphatic rings. The molecule has 0 amide bonds. The van der Waals surface area contributed by atoms with Gasteiger partial charge in [0.05, 0.1) is 6.07 Å². The second-order valence-electron chi connectivity index (χ2n) is 6.99. The summed E-state index contributed by atoms with van der Waals surface area (Å²) in [5, 5.41) is 9.33. The Morgan fingerprint density at radius 3 is 2.54 bits per heavy atom. The number of hydrogen-bond donors (Lipinski definition) is 0. The zero-order valence-electron chi connectivity index (χ0n) is 14.3. The molecule has 1 aromatic carbocycles. The Morgan fingerprint density at radius 2 is 1.67 bits per heavy atom. The molecule has 0 spiro atoms. The van der Waals surface area contributed by atoms with Crippen LogP contribution < -0.4 is 0 Å². The minimum atomic E-state index is 0.938. The van der Waals surface area contributed by atoms with Crippen LogP contribution in [-0.2, 0) is 6.42 Å². The van der Waals surface area contributed by atoms with E-state index in [-0.39, 0.29) is 0 Å². The normalized spacial score (nSPS) is 28.7. The van der Waals surface area contributed by atoms with Crippen LogP contribution in [0.3, 0.4) is 0 Å². The third-order valence-electron chi connectivity index (χ3n) is 5.58. The van der Waals surface area contributed by atoms with Gasteiger partial charge in [-0.1, -0.05) is 30.0 Å². The van der Waals surface area contributed by atoms with E-state index in [1.165, 1.54) is 66.6 Å². The fourth-order valence-corrected chi connectivity index (χ4v) is 5.66. The maximum atomic E-state index is 9.33. The van der Waals surface area contributed by atoms with Gasteiger partial charge in [0.1, 0.15) is 0 Å². The molecule has 0 N–H and O–H groups in total. The highest BCUT2D eigenvalue weighted by molar-refractivity contribution is 8.03. The maximum absolute atomic E-state index is 9.33. The first-order valence-corrected chi connectivity index (χ1v) is 9.90. The lowest BCUT2D eigenvalue weighted by atomic mass is 9.94. The van der Waals surface area contributed by atoms with Crippen molar-refractivity contribution in [3.8, 4) is 6.07 Å². The highest BCUT2D eigenvalue weighted by atomic mass is 32.2. The summed E-state index contributed by atoms with van der Waals surface area (Å²) in [6, 6.07) is 11.2. The Kier molecular flexibility index (Phi) is 4.37. The molecule has 0 unspecified atom stereocenters. The smallest absolute Gasteiger partial charge is 0.0947 e. The summed E-state index contributed by atoms with van der Waals surface area (Å²) in [5.74, 6) is 0. The summed E-state index contributed by atoms with van der Waals surface area (Å²) in [6.45, 7) is 1.99. The van der Waals surface area contributed by atoms with Crippen molar-refractivity contribution in [2.45, 2.75) is 63.2 Å². The van der Waals surface area contributed by atoms with Crippen LogP contribution >= 0.6 is 11.8 Å². The highest BCUT2D eigenvalue weighted by Crippen LogP contribution is 2.48. The van der Waals surface area contributed by atoms with Gasteiger partial charge in [-0.3, -0.25) is 0 Å². The Hall–Kier alpha value is -1.72. The predicted molar refractivity (Wildman–Crippen MR) is 101 cm³/mol. The lowest BCUT2D eigenvalue weighted by Gasteiger charge is -2.21. The first-order valence-electron chi connectivity index (χ1n) is 9.08. The van der Waals surface area contributed by atoms with E-state index in [2.05, 4.69) is 30.3 Å². The third kappa shape index (κ3) is 2.76. The van der Waals surface area contributed by atoms with E-state index >= 15 is 0 Å². The van der Waals surface area contributed by atoms with Crippen molar-refractivity contribution in [3.63, 3.8) is 0 Å². The van der Waals surface area contributed by atoms with Gasteiger partial charge in [0, 0.05) is 10.5 Å². The number of aryl methyl sites for hydroxylation is 1. The van der Waals surface area contributed by atoms with Gasteiger partial charge in [-0.15, -0.1) is 0 Å². The van der Waals surface area contributed by atoms with Crippen LogP contribution in [0.4, 0.5) is 0 Å². The summed E-state index contributed by atoms with van der Waals surface area (Å²) >= 11 is 2.00. The summed E-state index contributed by atoms with van der Waals surface area (Å²) in [6.07, 6.45) is 9.54. The molecule has 1 aromatic rings. The highest BCUT2D eigenvalue weighted by Gasteiger charge is 2.28. The summed E-state index contributed by atoms with van der Waals surface area (Å²) in [4.78, 5) is 3.03. The molecule has 0 bridgehead atoms. The van der Waals surface area contributed by atoms with E-state index in [0.717, 1.165) is 12.0 Å². The van der Waals surface area contributed by atoms with Crippen LogP contribution in [0.1, 0.15) is 57.4 Å². The average molecular weight is 333 g/mol. The molecule has 2 aliphatic carbocycles. The van der Waals surface area contributed by atoms with Crippen LogP contribution in [0, 0.1) is 11.3 Å². The molecule has 2 fully saturated rings. The molecule has 24 heavy (non-hydrogen) atoms. The topological polar surface area (TPSA) is 23.8 Å². The van der Waals surface area contributed by atoms with Gasteiger partial charge in [-0.05, 0) is 97.1 Å². The minimum Gasteiger partial charge on any atom is -0.193 e. The number of rotatable bonds is 0. The lowest BCUT2D eigenvalue weighted by molar-refractivity contribution is 0.905. The molecule has 2 saturated carbocycles. The Bertz CT molecular complexity index is 817. The van der Waals surface area contributed by atoms with Crippen LogP contribution in [0.5, 0.6) is 0 Å². The molecular weight excluding hydrogens is 310 g/mol. The van der Waals surface area contributed by atoms with E-state index in [1.807, 2.05) is 18.7 Å². The quantitative estimate of drug-likeness (QED) is 0.507. The van der Waals surface area contributed by atoms with Crippen LogP contribution in [0.2, 0.25) is 0 Å². The number of hydrogen-bond acceptors (Lipinski definition) is 2. The van der Waals surface area contributed by atoms with Crippen molar-refractivity contribution in [3.05, 3.63) is 62.6 Å². The van der Waals surface area contributed by atoms with Crippen molar-refractivity contribution >= 4 is 11.8 Å². The summed E-state index contributed by atoms with van der Waals surface area (Å²) < 4.78 is 0. The summed E-state index contributed by atoms with van der Waals surface area (Å²) in [5.41, 5.74) is 8.53. The first kappa shape index (κ1) is 15.8. The van der Waals surface area contributed by atoms with E-state index < -0.39 is 0 Å². The number of thioether (sulfide) groups is 1. The van der Waals surface area contributed by atoms with Gasteiger partial charge in [-0.25, -0.2) is 0 Å². The average Bonchev–Trinajstić information content (AvgIpc) is 3.29. The molecule has 122 valence electrons. The fourth-order valence-electron chi connectivity index (χ4n) is 4.40. The number of fused-ring (bicyclic) bond motifs is 1. The molecule has 4 rings (SSSR count). The molecule has 1 nitrogen and oxygen atoms in total. The third-order valence-corrected chi connectivity index (χ3v) is 6.90. The SMILES string of the molecule is C\C(C#N)=C1/CCC/C1=C1/CCC/C1=C1\CCc2ccccc2S1. The number of allylic oxidation sites excluding steroid dienone is 6. The molecular formula is C22H23NS. The van der Waals surface area contributed by atoms with Crippen molar-refractivity contribution in [2.75, 3.05) is 0 Å². The number of nitrogens with zero attached hydrogens (tertiary/aromatic N) is 1. The first-order chi connectivity index (χ1) is 11.8. The summed E-state index contributed by atoms with van der Waals surface area (Å²) in [7, 11) is 0. The molecule has 1 heterocycles. The van der Waals surface area contributed by atoms with Gasteiger partial charge in [0.15, 0.2) is 0 Å². The standard InChI is InChI=1S/C22H23NS/c1-15(14-23)17-7-4-8-18(17)19-9-5-10-20(19)22-13-12-16-6-2-3-11-21(16)24-22/h2-3,6,11H,4-5,7-10,12-13H2,1H3/b17-15-,19-18+,22-20-. The zero-order chi connectivity index (χ0) is 16.5. The van der Waals surface area contributed by atoms with Gasteiger partial charge in [0.25, 0.3) is 0 Å². The molecule has 0 radical (unpaired) electrons. The molecule has 0 atom stereocenters. The van der Waals surface area contributed by atoms with E-state index in [0.29, 0.717) is 0 Å². The van der Waals surface area contributed by atoms with Crippen LogP contribution in [-0.4, -0.2) is 0 Å². The maximum Gasteiger partial charge on any atom is 0.0947 e. The van der Waals surface area contributed by atoms with E-state index in [1.54, 1.807) is 16.1 Å². The molecule has 0 saturated heterocycles. The van der Waals surface area contributed by atoms with Gasteiger partial charge >= 0.3 is 0 Å². The molecule has 1 aliphatic heterocycles. The van der Waals surface area contributed by atoms with Crippen LogP contribution in [0.25, 0.3) is 0 Å². The largest absolute Gasteiger partial charge is 0.193 e. The van der Waals surface area contributed by atoms with Crippen molar-refractivity contribution < 1.29 is 0 Å². The van der Waals surface area contributed by atoms with Gasteiger partial charge in [-0.2, -0.15) is 5.26 Å². The van der Waals surface area contributed by atoms with E-state index in [9.17, 15) is 5.26 Å². The second-order valence-corrected chi connectivity index (χ2v) is 8.13.